The molecule has 0 spiro atoms. The van der Waals surface area contributed by atoms with E-state index in [4.69, 9.17) is 4.98 Å². The molecule has 6 nitrogen and oxygen atoms in total. The van der Waals surface area contributed by atoms with Gasteiger partial charge in [0.2, 0.25) is 0 Å². The molecule has 7 heteroatoms. The molecule has 0 unspecified atom stereocenters. The van der Waals surface area contributed by atoms with Gasteiger partial charge in [-0.2, -0.15) is 0 Å². The van der Waals surface area contributed by atoms with E-state index >= 15 is 0 Å². The van der Waals surface area contributed by atoms with Gasteiger partial charge in [-0.25, -0.2) is 9.97 Å². The lowest BCUT2D eigenvalue weighted by Gasteiger charge is -2.31. The number of thiazole rings is 1. The van der Waals surface area contributed by atoms with E-state index in [-0.39, 0.29) is 5.56 Å². The van der Waals surface area contributed by atoms with Crippen molar-refractivity contribution in [2.45, 2.75) is 45.2 Å². The van der Waals surface area contributed by atoms with Crippen molar-refractivity contribution in [1.29, 1.82) is 0 Å². The van der Waals surface area contributed by atoms with E-state index in [2.05, 4.69) is 14.9 Å². The average molecular weight is 408 g/mol. The summed E-state index contributed by atoms with van der Waals surface area (Å²) in [5.41, 5.74) is 2.92. The molecule has 2 aliphatic rings. The summed E-state index contributed by atoms with van der Waals surface area (Å²) in [6.07, 6.45) is 11.0. The fraction of sp³-hybridized carbons (Fsp3) is 0.455. The van der Waals surface area contributed by atoms with Gasteiger partial charge in [0.15, 0.2) is 0 Å². The van der Waals surface area contributed by atoms with Gasteiger partial charge in [-0.15, -0.1) is 11.3 Å². The van der Waals surface area contributed by atoms with E-state index in [1.54, 1.807) is 29.4 Å². The molecule has 0 saturated carbocycles. The number of rotatable bonds is 5. The molecule has 0 atom stereocenters. The van der Waals surface area contributed by atoms with Crippen LogP contribution in [0.5, 0.6) is 0 Å². The minimum Gasteiger partial charge on any atom is -0.299 e. The standard InChI is InChI=1S/C22H25N5OS/c28-22-11-19(17-3-2-8-23-12-17)24-15-27(22)13-16-6-9-26(10-7-16)14-21-25-18-4-1-5-20(18)29-21/h2-3,8,11-12,15-16H,1,4-7,9-10,13-14H2. The van der Waals surface area contributed by atoms with Crippen LogP contribution in [0.25, 0.3) is 11.3 Å². The SMILES string of the molecule is O=c1cc(-c2cccnc2)ncn1CC1CCN(Cc2nc3c(s2)CCC3)CC1. The normalized spacial score (nSPS) is 17.5. The summed E-state index contributed by atoms with van der Waals surface area (Å²) in [6.45, 7) is 3.87. The zero-order chi connectivity index (χ0) is 19.6. The molecule has 5 rings (SSSR count). The molecule has 1 saturated heterocycles. The Hall–Kier alpha value is -2.38. The zero-order valence-corrected chi connectivity index (χ0v) is 17.3. The van der Waals surface area contributed by atoms with Crippen molar-refractivity contribution in [2.75, 3.05) is 13.1 Å². The quantitative estimate of drug-likeness (QED) is 0.650. The molecule has 1 aliphatic carbocycles. The van der Waals surface area contributed by atoms with E-state index in [9.17, 15) is 4.79 Å². The Kier molecular flexibility index (Phi) is 5.24. The molecule has 3 aromatic rings. The molecular formula is C22H25N5OS. The number of likely N-dealkylation sites (tertiary alicyclic amines) is 1. The first-order valence-corrected chi connectivity index (χ1v) is 11.2. The molecule has 0 amide bonds. The molecule has 0 aromatic carbocycles. The Morgan fingerprint density at radius 2 is 2.10 bits per heavy atom. The molecule has 0 bridgehead atoms. The number of nitrogens with zero attached hydrogens (tertiary/aromatic N) is 5. The smallest absolute Gasteiger partial charge is 0.253 e. The number of aryl methyl sites for hydroxylation is 2. The van der Waals surface area contributed by atoms with Gasteiger partial charge < -0.3 is 0 Å². The highest BCUT2D eigenvalue weighted by Crippen LogP contribution is 2.29. The van der Waals surface area contributed by atoms with Crippen LogP contribution in [-0.4, -0.2) is 37.5 Å². The summed E-state index contributed by atoms with van der Waals surface area (Å²) in [5, 5.41) is 1.28. The van der Waals surface area contributed by atoms with Crippen LogP contribution in [0.15, 0.2) is 41.7 Å². The van der Waals surface area contributed by atoms with Gasteiger partial charge in [0.25, 0.3) is 5.56 Å². The van der Waals surface area contributed by atoms with Crippen molar-refractivity contribution in [2.24, 2.45) is 5.92 Å². The molecule has 1 fully saturated rings. The third-order valence-electron chi connectivity index (χ3n) is 6.00. The van der Waals surface area contributed by atoms with Crippen molar-refractivity contribution in [3.8, 4) is 11.3 Å². The largest absolute Gasteiger partial charge is 0.299 e. The van der Waals surface area contributed by atoms with Crippen LogP contribution in [-0.2, 0) is 25.9 Å². The third kappa shape index (κ3) is 4.16. The van der Waals surface area contributed by atoms with Gasteiger partial charge in [-0.05, 0) is 63.2 Å². The predicted octanol–water partition coefficient (Wildman–Crippen LogP) is 3.16. The Bertz CT molecular complexity index is 1020. The summed E-state index contributed by atoms with van der Waals surface area (Å²) in [7, 11) is 0. The Labute approximate surface area is 174 Å². The van der Waals surface area contributed by atoms with Crippen molar-refractivity contribution in [3.05, 3.63) is 62.9 Å². The molecule has 0 radical (unpaired) electrons. The highest BCUT2D eigenvalue weighted by atomic mass is 32.1. The summed E-state index contributed by atoms with van der Waals surface area (Å²) in [4.78, 5) is 30.0. The first kappa shape index (κ1) is 18.6. The van der Waals surface area contributed by atoms with Gasteiger partial charge in [0.05, 0.1) is 24.3 Å². The molecule has 0 N–H and O–H groups in total. The van der Waals surface area contributed by atoms with Crippen LogP contribution >= 0.6 is 11.3 Å². The summed E-state index contributed by atoms with van der Waals surface area (Å²) in [6, 6.07) is 5.40. The minimum atomic E-state index is 0.0126. The number of piperidine rings is 1. The van der Waals surface area contributed by atoms with Gasteiger partial charge in [-0.1, -0.05) is 0 Å². The second-order valence-electron chi connectivity index (χ2n) is 8.06. The topological polar surface area (TPSA) is 63.9 Å². The van der Waals surface area contributed by atoms with E-state index in [0.717, 1.165) is 51.0 Å². The van der Waals surface area contributed by atoms with Gasteiger partial charge in [-0.3, -0.25) is 19.2 Å². The van der Waals surface area contributed by atoms with E-state index in [1.807, 2.05) is 23.5 Å². The fourth-order valence-electron chi connectivity index (χ4n) is 4.34. The third-order valence-corrected chi connectivity index (χ3v) is 7.14. The van der Waals surface area contributed by atoms with E-state index in [1.165, 1.54) is 28.4 Å². The van der Waals surface area contributed by atoms with Crippen LogP contribution in [0.4, 0.5) is 0 Å². The van der Waals surface area contributed by atoms with Crippen LogP contribution < -0.4 is 5.56 Å². The number of hydrogen-bond acceptors (Lipinski definition) is 6. The van der Waals surface area contributed by atoms with Crippen LogP contribution in [0.1, 0.15) is 34.8 Å². The highest BCUT2D eigenvalue weighted by Gasteiger charge is 2.23. The first-order chi connectivity index (χ1) is 14.2. The minimum absolute atomic E-state index is 0.0126. The molecule has 150 valence electrons. The first-order valence-electron chi connectivity index (χ1n) is 10.4. The average Bonchev–Trinajstić information content (AvgIpc) is 3.33. The maximum absolute atomic E-state index is 12.5. The lowest BCUT2D eigenvalue weighted by molar-refractivity contribution is 0.166. The van der Waals surface area contributed by atoms with Crippen molar-refractivity contribution in [3.63, 3.8) is 0 Å². The summed E-state index contributed by atoms with van der Waals surface area (Å²) >= 11 is 1.91. The Morgan fingerprint density at radius 3 is 2.86 bits per heavy atom. The predicted molar refractivity (Wildman–Crippen MR) is 114 cm³/mol. The second-order valence-corrected chi connectivity index (χ2v) is 9.23. The lowest BCUT2D eigenvalue weighted by atomic mass is 9.96. The maximum atomic E-state index is 12.5. The Morgan fingerprint density at radius 1 is 1.21 bits per heavy atom. The monoisotopic (exact) mass is 407 g/mol. The molecule has 29 heavy (non-hydrogen) atoms. The van der Waals surface area contributed by atoms with Gasteiger partial charge in [0, 0.05) is 35.4 Å². The van der Waals surface area contributed by atoms with Crippen molar-refractivity contribution in [1.82, 2.24) is 24.4 Å². The van der Waals surface area contributed by atoms with Crippen LogP contribution in [0.2, 0.25) is 0 Å². The molecule has 3 aromatic heterocycles. The fourth-order valence-corrected chi connectivity index (χ4v) is 5.54. The van der Waals surface area contributed by atoms with Crippen LogP contribution in [0.3, 0.4) is 0 Å². The van der Waals surface area contributed by atoms with Crippen LogP contribution in [0, 0.1) is 5.92 Å². The number of fused-ring (bicyclic) bond motifs is 1. The van der Waals surface area contributed by atoms with Crippen molar-refractivity contribution < 1.29 is 0 Å². The summed E-state index contributed by atoms with van der Waals surface area (Å²) < 4.78 is 1.76. The molecule has 1 aliphatic heterocycles. The lowest BCUT2D eigenvalue weighted by Crippen LogP contribution is -2.36. The van der Waals surface area contributed by atoms with E-state index in [0.29, 0.717) is 11.6 Å². The van der Waals surface area contributed by atoms with Gasteiger partial charge in [0.1, 0.15) is 5.01 Å². The van der Waals surface area contributed by atoms with Crippen molar-refractivity contribution >= 4 is 11.3 Å². The molecule has 4 heterocycles. The summed E-state index contributed by atoms with van der Waals surface area (Å²) in [5.74, 6) is 0.524. The molecular weight excluding hydrogens is 382 g/mol. The highest BCUT2D eigenvalue weighted by molar-refractivity contribution is 7.11. The Balaban J connectivity index is 1.17. The van der Waals surface area contributed by atoms with Gasteiger partial charge >= 0.3 is 0 Å². The zero-order valence-electron chi connectivity index (χ0n) is 16.5. The number of hydrogen-bond donors (Lipinski definition) is 0. The second kappa shape index (κ2) is 8.16. The maximum Gasteiger partial charge on any atom is 0.253 e. The van der Waals surface area contributed by atoms with E-state index < -0.39 is 0 Å². The number of aromatic nitrogens is 4. The number of pyridine rings is 1.